The molecule has 7 nitrogen and oxygen atoms in total. The quantitative estimate of drug-likeness (QED) is 0.680. The number of benzene rings is 1. The van der Waals surface area contributed by atoms with E-state index in [4.69, 9.17) is 4.74 Å². The highest BCUT2D eigenvalue weighted by atomic mass is 16.5. The summed E-state index contributed by atoms with van der Waals surface area (Å²) in [5.41, 5.74) is 0.227. The van der Waals surface area contributed by atoms with Crippen LogP contribution in [0.15, 0.2) is 24.5 Å². The third-order valence-electron chi connectivity index (χ3n) is 2.79. The molecule has 0 atom stereocenters. The largest absolute Gasteiger partial charge is 0.507 e. The lowest BCUT2D eigenvalue weighted by atomic mass is 10.1. The first-order valence-electron chi connectivity index (χ1n) is 6.20. The van der Waals surface area contributed by atoms with Gasteiger partial charge in [0, 0.05) is 19.0 Å². The van der Waals surface area contributed by atoms with Crippen LogP contribution in [-0.4, -0.2) is 39.8 Å². The fraction of sp³-hybridized carbons (Fsp3) is 0.308. The van der Waals surface area contributed by atoms with Gasteiger partial charge in [-0.15, -0.1) is 0 Å². The SMILES string of the molecule is COc1ccc(C(=O)NCCCc2ncn[nH]2)c(O)c1. The Morgan fingerprint density at radius 1 is 1.50 bits per heavy atom. The molecular formula is C13H16N4O3. The summed E-state index contributed by atoms with van der Waals surface area (Å²) in [4.78, 5) is 15.9. The molecule has 0 saturated carbocycles. The van der Waals surface area contributed by atoms with E-state index in [0.29, 0.717) is 18.7 Å². The van der Waals surface area contributed by atoms with E-state index in [-0.39, 0.29) is 17.2 Å². The first-order chi connectivity index (χ1) is 9.70. The summed E-state index contributed by atoms with van der Waals surface area (Å²) in [5, 5.41) is 19.0. The number of aromatic nitrogens is 3. The highest BCUT2D eigenvalue weighted by molar-refractivity contribution is 5.96. The van der Waals surface area contributed by atoms with E-state index in [1.54, 1.807) is 6.07 Å². The number of phenols is 1. The lowest BCUT2D eigenvalue weighted by Crippen LogP contribution is -2.24. The normalized spacial score (nSPS) is 10.2. The van der Waals surface area contributed by atoms with Gasteiger partial charge >= 0.3 is 0 Å². The number of amides is 1. The predicted molar refractivity (Wildman–Crippen MR) is 71.7 cm³/mol. The molecule has 0 spiro atoms. The molecule has 0 unspecified atom stereocenters. The third kappa shape index (κ3) is 3.47. The average molecular weight is 276 g/mol. The van der Waals surface area contributed by atoms with Crippen LogP contribution >= 0.6 is 0 Å². The average Bonchev–Trinajstić information content (AvgIpc) is 2.96. The van der Waals surface area contributed by atoms with Crippen LogP contribution in [-0.2, 0) is 6.42 Å². The number of ether oxygens (including phenoxy) is 1. The van der Waals surface area contributed by atoms with Gasteiger partial charge in [0.25, 0.3) is 5.91 Å². The van der Waals surface area contributed by atoms with Crippen LogP contribution in [0.1, 0.15) is 22.6 Å². The Balaban J connectivity index is 1.82. The molecule has 0 saturated heterocycles. The second-order valence-corrected chi connectivity index (χ2v) is 4.17. The van der Waals surface area contributed by atoms with E-state index in [1.807, 2.05) is 0 Å². The zero-order valence-corrected chi connectivity index (χ0v) is 11.1. The second-order valence-electron chi connectivity index (χ2n) is 4.17. The third-order valence-corrected chi connectivity index (χ3v) is 2.79. The van der Waals surface area contributed by atoms with Gasteiger partial charge in [-0.05, 0) is 18.6 Å². The highest BCUT2D eigenvalue weighted by Crippen LogP contribution is 2.23. The number of aromatic amines is 1. The Morgan fingerprint density at radius 3 is 3.00 bits per heavy atom. The molecular weight excluding hydrogens is 260 g/mol. The molecule has 0 aliphatic rings. The minimum absolute atomic E-state index is 0.0999. The van der Waals surface area contributed by atoms with Crippen molar-refractivity contribution in [2.75, 3.05) is 13.7 Å². The molecule has 7 heteroatoms. The van der Waals surface area contributed by atoms with Crippen molar-refractivity contribution in [3.8, 4) is 11.5 Å². The van der Waals surface area contributed by atoms with Crippen LogP contribution < -0.4 is 10.1 Å². The number of phenolic OH excluding ortho intramolecular Hbond substituents is 1. The topological polar surface area (TPSA) is 100 Å². The van der Waals surface area contributed by atoms with Gasteiger partial charge in [0.1, 0.15) is 23.7 Å². The van der Waals surface area contributed by atoms with Crippen molar-refractivity contribution in [3.05, 3.63) is 35.9 Å². The molecule has 0 aliphatic heterocycles. The van der Waals surface area contributed by atoms with E-state index in [0.717, 1.165) is 12.2 Å². The van der Waals surface area contributed by atoms with E-state index < -0.39 is 0 Å². The van der Waals surface area contributed by atoms with Crippen LogP contribution in [0.5, 0.6) is 11.5 Å². The maximum atomic E-state index is 11.9. The van der Waals surface area contributed by atoms with Gasteiger partial charge in [0.05, 0.1) is 12.7 Å². The molecule has 0 bridgehead atoms. The Labute approximate surface area is 116 Å². The molecule has 0 fully saturated rings. The number of hydrogen-bond donors (Lipinski definition) is 3. The summed E-state index contributed by atoms with van der Waals surface area (Å²) in [6.45, 7) is 0.491. The summed E-state index contributed by atoms with van der Waals surface area (Å²) in [7, 11) is 1.50. The fourth-order valence-electron chi connectivity index (χ4n) is 1.73. The van der Waals surface area contributed by atoms with Gasteiger partial charge in [-0.2, -0.15) is 5.10 Å². The number of carbonyl (C=O) groups is 1. The molecule has 1 aromatic carbocycles. The van der Waals surface area contributed by atoms with E-state index in [1.165, 1.54) is 25.6 Å². The van der Waals surface area contributed by atoms with Crippen molar-refractivity contribution < 1.29 is 14.6 Å². The van der Waals surface area contributed by atoms with Crippen LogP contribution in [0.4, 0.5) is 0 Å². The van der Waals surface area contributed by atoms with Crippen molar-refractivity contribution in [3.63, 3.8) is 0 Å². The first kappa shape index (κ1) is 13.9. The number of methoxy groups -OCH3 is 1. The van der Waals surface area contributed by atoms with Crippen molar-refractivity contribution >= 4 is 5.91 Å². The summed E-state index contributed by atoms with van der Waals surface area (Å²) < 4.78 is 4.96. The van der Waals surface area contributed by atoms with Crippen molar-refractivity contribution in [1.29, 1.82) is 0 Å². The fourth-order valence-corrected chi connectivity index (χ4v) is 1.73. The monoisotopic (exact) mass is 276 g/mol. The highest BCUT2D eigenvalue weighted by Gasteiger charge is 2.11. The molecule has 20 heavy (non-hydrogen) atoms. The molecule has 2 rings (SSSR count). The maximum Gasteiger partial charge on any atom is 0.255 e. The van der Waals surface area contributed by atoms with Gasteiger partial charge in [-0.1, -0.05) is 0 Å². The zero-order valence-electron chi connectivity index (χ0n) is 11.1. The Hall–Kier alpha value is -2.57. The summed E-state index contributed by atoms with van der Waals surface area (Å²) >= 11 is 0. The molecule has 0 aliphatic carbocycles. The minimum Gasteiger partial charge on any atom is -0.507 e. The number of rotatable bonds is 6. The van der Waals surface area contributed by atoms with Crippen molar-refractivity contribution in [1.82, 2.24) is 20.5 Å². The number of H-pyrrole nitrogens is 1. The first-order valence-corrected chi connectivity index (χ1v) is 6.20. The summed E-state index contributed by atoms with van der Waals surface area (Å²) in [6, 6.07) is 4.56. The van der Waals surface area contributed by atoms with Gasteiger partial charge in [-0.3, -0.25) is 9.89 Å². The standard InChI is InChI=1S/C13H16N4O3/c1-20-9-4-5-10(11(18)7-9)13(19)14-6-2-3-12-15-8-16-17-12/h4-5,7-8,18H,2-3,6H2,1H3,(H,14,19)(H,15,16,17). The number of hydrogen-bond acceptors (Lipinski definition) is 5. The van der Waals surface area contributed by atoms with Crippen molar-refractivity contribution in [2.24, 2.45) is 0 Å². The molecule has 1 heterocycles. The summed E-state index contributed by atoms with van der Waals surface area (Å²) in [6.07, 6.45) is 2.88. The molecule has 1 aromatic heterocycles. The van der Waals surface area contributed by atoms with E-state index >= 15 is 0 Å². The minimum atomic E-state index is -0.317. The smallest absolute Gasteiger partial charge is 0.255 e. The lowest BCUT2D eigenvalue weighted by molar-refractivity contribution is 0.0950. The predicted octanol–water partition coefficient (Wildman–Crippen LogP) is 0.881. The van der Waals surface area contributed by atoms with Gasteiger partial charge < -0.3 is 15.2 Å². The van der Waals surface area contributed by atoms with Crippen LogP contribution in [0, 0.1) is 0 Å². The number of nitrogens with one attached hydrogen (secondary N) is 2. The molecule has 1 amide bonds. The van der Waals surface area contributed by atoms with Crippen LogP contribution in [0.25, 0.3) is 0 Å². The number of nitrogens with zero attached hydrogens (tertiary/aromatic N) is 2. The summed E-state index contributed by atoms with van der Waals surface area (Å²) in [5.74, 6) is 0.871. The molecule has 2 aromatic rings. The van der Waals surface area contributed by atoms with Gasteiger partial charge in [0.2, 0.25) is 0 Å². The zero-order chi connectivity index (χ0) is 14.4. The number of aryl methyl sites for hydroxylation is 1. The molecule has 3 N–H and O–H groups in total. The Kier molecular flexibility index (Phi) is 4.54. The van der Waals surface area contributed by atoms with Crippen LogP contribution in [0.3, 0.4) is 0 Å². The van der Waals surface area contributed by atoms with Crippen molar-refractivity contribution in [2.45, 2.75) is 12.8 Å². The maximum absolute atomic E-state index is 11.9. The number of carbonyl (C=O) groups excluding carboxylic acids is 1. The van der Waals surface area contributed by atoms with E-state index in [2.05, 4.69) is 20.5 Å². The van der Waals surface area contributed by atoms with Gasteiger partial charge in [-0.25, -0.2) is 4.98 Å². The Bertz CT molecular complexity index is 569. The number of aromatic hydroxyl groups is 1. The lowest BCUT2D eigenvalue weighted by Gasteiger charge is -2.07. The Morgan fingerprint density at radius 2 is 2.35 bits per heavy atom. The molecule has 0 radical (unpaired) electrons. The van der Waals surface area contributed by atoms with Crippen LogP contribution in [0.2, 0.25) is 0 Å². The van der Waals surface area contributed by atoms with E-state index in [9.17, 15) is 9.90 Å². The molecule has 106 valence electrons. The van der Waals surface area contributed by atoms with Gasteiger partial charge in [0.15, 0.2) is 0 Å². The second kappa shape index (κ2) is 6.55.